The van der Waals surface area contributed by atoms with Crippen molar-refractivity contribution < 1.29 is 0 Å². The van der Waals surface area contributed by atoms with E-state index in [9.17, 15) is 0 Å². The number of hydrogen-bond donors (Lipinski definition) is 0. The Kier molecular flexibility index (Phi) is 2.91. The van der Waals surface area contributed by atoms with Gasteiger partial charge in [-0.3, -0.25) is 0 Å². The maximum Gasteiger partial charge on any atom is -0.0355 e. The van der Waals surface area contributed by atoms with Crippen LogP contribution in [0.5, 0.6) is 0 Å². The Morgan fingerprint density at radius 1 is 0.857 bits per heavy atom. The zero-order valence-corrected chi connectivity index (χ0v) is 10.3. The molecule has 14 heavy (non-hydrogen) atoms. The van der Waals surface area contributed by atoms with Gasteiger partial charge in [0.2, 0.25) is 0 Å². The molecule has 5 atom stereocenters. The molecule has 0 N–H and O–H groups in total. The molecule has 2 saturated carbocycles. The molecule has 0 aliphatic heterocycles. The van der Waals surface area contributed by atoms with Crippen LogP contribution in [0.1, 0.15) is 53.4 Å². The first-order valence-electron chi connectivity index (χ1n) is 6.59. The first-order chi connectivity index (χ1) is 6.59. The fourth-order valence-corrected chi connectivity index (χ4v) is 4.17. The molecule has 0 aromatic rings. The first kappa shape index (κ1) is 10.5. The minimum Gasteiger partial charge on any atom is -0.0625 e. The van der Waals surface area contributed by atoms with E-state index in [0.29, 0.717) is 0 Å². The van der Waals surface area contributed by atoms with Crippen LogP contribution in [0, 0.1) is 35.5 Å². The molecule has 2 aliphatic rings. The van der Waals surface area contributed by atoms with Gasteiger partial charge in [0, 0.05) is 0 Å². The van der Waals surface area contributed by atoms with Crippen LogP contribution in [0.3, 0.4) is 0 Å². The van der Waals surface area contributed by atoms with Crippen molar-refractivity contribution in [1.82, 2.24) is 0 Å². The van der Waals surface area contributed by atoms with E-state index in [1.165, 1.54) is 25.7 Å². The topological polar surface area (TPSA) is 0 Å². The van der Waals surface area contributed by atoms with E-state index in [0.717, 1.165) is 35.5 Å². The van der Waals surface area contributed by atoms with Crippen molar-refractivity contribution in [1.29, 1.82) is 0 Å². The van der Waals surface area contributed by atoms with Crippen LogP contribution in [0.4, 0.5) is 0 Å². The molecular weight excluding hydrogens is 168 g/mol. The van der Waals surface area contributed by atoms with Crippen LogP contribution < -0.4 is 0 Å². The monoisotopic (exact) mass is 194 g/mol. The molecule has 0 saturated heterocycles. The van der Waals surface area contributed by atoms with Crippen LogP contribution in [0.15, 0.2) is 0 Å². The summed E-state index contributed by atoms with van der Waals surface area (Å²) < 4.78 is 0. The fraction of sp³-hybridized carbons (Fsp3) is 1.00. The van der Waals surface area contributed by atoms with Gasteiger partial charge >= 0.3 is 0 Å². The largest absolute Gasteiger partial charge is 0.0625 e. The highest BCUT2D eigenvalue weighted by Crippen LogP contribution is 2.51. The van der Waals surface area contributed by atoms with E-state index in [-0.39, 0.29) is 0 Å². The predicted octanol–water partition coefficient (Wildman–Crippen LogP) is 4.35. The van der Waals surface area contributed by atoms with Crippen molar-refractivity contribution in [3.05, 3.63) is 0 Å². The van der Waals surface area contributed by atoms with E-state index in [1.807, 2.05) is 0 Å². The van der Waals surface area contributed by atoms with Crippen molar-refractivity contribution in [2.24, 2.45) is 35.5 Å². The van der Waals surface area contributed by atoms with E-state index in [1.54, 1.807) is 0 Å². The molecule has 82 valence electrons. The van der Waals surface area contributed by atoms with Gasteiger partial charge in [0.25, 0.3) is 0 Å². The summed E-state index contributed by atoms with van der Waals surface area (Å²) in [5, 5.41) is 0. The lowest BCUT2D eigenvalue weighted by Gasteiger charge is -2.37. The summed E-state index contributed by atoms with van der Waals surface area (Å²) in [7, 11) is 0. The average molecular weight is 194 g/mol. The Labute approximate surface area is 89.5 Å². The molecule has 0 aromatic carbocycles. The molecular formula is C14H26. The van der Waals surface area contributed by atoms with E-state index >= 15 is 0 Å². The minimum atomic E-state index is 0.916. The van der Waals surface area contributed by atoms with Gasteiger partial charge in [-0.1, -0.05) is 27.7 Å². The lowest BCUT2D eigenvalue weighted by molar-refractivity contribution is 0.134. The normalized spacial score (nSPS) is 48.2. The van der Waals surface area contributed by atoms with Crippen molar-refractivity contribution in [3.8, 4) is 0 Å². The Morgan fingerprint density at radius 2 is 1.50 bits per heavy atom. The fourth-order valence-electron chi connectivity index (χ4n) is 4.17. The summed E-state index contributed by atoms with van der Waals surface area (Å²) in [5.74, 6) is 6.13. The summed E-state index contributed by atoms with van der Waals surface area (Å²) in [6.45, 7) is 9.79. The molecule has 0 radical (unpaired) electrons. The third kappa shape index (κ3) is 1.73. The van der Waals surface area contributed by atoms with Gasteiger partial charge in [-0.05, 0) is 61.2 Å². The number of hydrogen-bond acceptors (Lipinski definition) is 0. The Balaban J connectivity index is 2.02. The van der Waals surface area contributed by atoms with Gasteiger partial charge in [-0.25, -0.2) is 0 Å². The number of fused-ring (bicyclic) bond motifs is 1. The molecule has 0 amide bonds. The van der Waals surface area contributed by atoms with Gasteiger partial charge < -0.3 is 0 Å². The van der Waals surface area contributed by atoms with Gasteiger partial charge in [0.05, 0.1) is 0 Å². The molecule has 2 aliphatic carbocycles. The molecule has 0 aromatic heterocycles. The summed E-state index contributed by atoms with van der Waals surface area (Å²) in [6, 6.07) is 0. The van der Waals surface area contributed by atoms with Gasteiger partial charge in [-0.2, -0.15) is 0 Å². The van der Waals surface area contributed by atoms with Crippen molar-refractivity contribution in [2.75, 3.05) is 0 Å². The van der Waals surface area contributed by atoms with Crippen LogP contribution >= 0.6 is 0 Å². The minimum absolute atomic E-state index is 0.916. The summed E-state index contributed by atoms with van der Waals surface area (Å²) in [6.07, 6.45) is 6.07. The first-order valence-corrected chi connectivity index (χ1v) is 6.59. The number of rotatable bonds is 1. The van der Waals surface area contributed by atoms with Crippen molar-refractivity contribution >= 4 is 0 Å². The Morgan fingerprint density at radius 3 is 2.14 bits per heavy atom. The summed E-state index contributed by atoms with van der Waals surface area (Å²) in [5.41, 5.74) is 0. The van der Waals surface area contributed by atoms with Gasteiger partial charge in [0.15, 0.2) is 0 Å². The molecule has 0 bridgehead atoms. The smallest absolute Gasteiger partial charge is 0.0355 e. The second-order valence-corrected chi connectivity index (χ2v) is 6.34. The predicted molar refractivity (Wildman–Crippen MR) is 62.1 cm³/mol. The highest BCUT2D eigenvalue weighted by Gasteiger charge is 2.42. The maximum atomic E-state index is 2.49. The Hall–Kier alpha value is 0. The second-order valence-electron chi connectivity index (χ2n) is 6.34. The SMILES string of the molecule is CC(C)C1CCC2C(C)CC(C)C2C1. The molecule has 0 heteroatoms. The average Bonchev–Trinajstić information content (AvgIpc) is 2.42. The third-order valence-corrected chi connectivity index (χ3v) is 5.14. The molecule has 5 unspecified atom stereocenters. The third-order valence-electron chi connectivity index (χ3n) is 5.14. The van der Waals surface area contributed by atoms with Crippen LogP contribution in [-0.2, 0) is 0 Å². The quantitative estimate of drug-likeness (QED) is 0.582. The summed E-state index contributed by atoms with van der Waals surface area (Å²) in [4.78, 5) is 0. The molecule has 0 nitrogen and oxygen atoms in total. The highest BCUT2D eigenvalue weighted by molar-refractivity contribution is 4.92. The zero-order valence-electron chi connectivity index (χ0n) is 10.3. The lowest BCUT2D eigenvalue weighted by atomic mass is 9.69. The molecule has 0 heterocycles. The van der Waals surface area contributed by atoms with Crippen LogP contribution in [0.25, 0.3) is 0 Å². The maximum absolute atomic E-state index is 2.49. The Bertz CT molecular complexity index is 194. The highest BCUT2D eigenvalue weighted by atomic mass is 14.5. The molecule has 2 fully saturated rings. The van der Waals surface area contributed by atoms with E-state index in [2.05, 4.69) is 27.7 Å². The van der Waals surface area contributed by atoms with Crippen LogP contribution in [0.2, 0.25) is 0 Å². The van der Waals surface area contributed by atoms with E-state index in [4.69, 9.17) is 0 Å². The van der Waals surface area contributed by atoms with E-state index < -0.39 is 0 Å². The van der Waals surface area contributed by atoms with Crippen LogP contribution in [-0.4, -0.2) is 0 Å². The standard InChI is InChI=1S/C14H26/c1-9(2)12-5-6-13-10(3)7-11(4)14(13)8-12/h9-14H,5-8H2,1-4H3. The molecule has 2 rings (SSSR count). The van der Waals surface area contributed by atoms with Gasteiger partial charge in [0.1, 0.15) is 0 Å². The summed E-state index contributed by atoms with van der Waals surface area (Å²) >= 11 is 0. The van der Waals surface area contributed by atoms with Crippen molar-refractivity contribution in [3.63, 3.8) is 0 Å². The van der Waals surface area contributed by atoms with Crippen molar-refractivity contribution in [2.45, 2.75) is 53.4 Å². The lowest BCUT2D eigenvalue weighted by Crippen LogP contribution is -2.28. The van der Waals surface area contributed by atoms with Gasteiger partial charge in [-0.15, -0.1) is 0 Å². The molecule has 0 spiro atoms. The zero-order chi connectivity index (χ0) is 10.3. The second kappa shape index (κ2) is 3.87.